The first kappa shape index (κ1) is 32.4. The standard InChI is InChI=1S/C38H48N4O3/c1-38(2,37(39)44)45-35-33-9-5-4-8-30(33)18-19-34(35)31-20-24-42(25-21-31)23-7-6-22-41-36(43)32-16-14-29(15-17-32)28-12-10-27(11-13-28)26-40-3/h10-19,26,31H,4-9,20-25H2,1-3H3,(H2,39,44)(H,41,43). The second-order valence-corrected chi connectivity index (χ2v) is 13.0. The Kier molecular flexibility index (Phi) is 10.7. The van der Waals surface area contributed by atoms with Crippen LogP contribution in [0.25, 0.3) is 11.1 Å². The highest BCUT2D eigenvalue weighted by Crippen LogP contribution is 2.41. The molecule has 1 fully saturated rings. The van der Waals surface area contributed by atoms with Crippen LogP contribution in [0.2, 0.25) is 0 Å². The molecule has 3 aromatic carbocycles. The summed E-state index contributed by atoms with van der Waals surface area (Å²) < 4.78 is 6.43. The predicted molar refractivity (Wildman–Crippen MR) is 182 cm³/mol. The van der Waals surface area contributed by atoms with Crippen LogP contribution in [-0.4, -0.2) is 61.8 Å². The fraction of sp³-hybridized carbons (Fsp3) is 0.447. The molecule has 1 aliphatic heterocycles. The number of hydrogen-bond donors (Lipinski definition) is 2. The molecule has 0 radical (unpaired) electrons. The zero-order valence-corrected chi connectivity index (χ0v) is 27.1. The number of piperidine rings is 1. The smallest absolute Gasteiger partial charge is 0.261 e. The molecule has 45 heavy (non-hydrogen) atoms. The van der Waals surface area contributed by atoms with Crippen LogP contribution in [0, 0.1) is 0 Å². The van der Waals surface area contributed by atoms with Gasteiger partial charge in [0.1, 0.15) is 5.75 Å². The van der Waals surface area contributed by atoms with Crippen LogP contribution in [0.4, 0.5) is 0 Å². The molecule has 1 saturated heterocycles. The fourth-order valence-corrected chi connectivity index (χ4v) is 6.52. The van der Waals surface area contributed by atoms with Crippen LogP contribution in [0.1, 0.15) is 90.9 Å². The van der Waals surface area contributed by atoms with Gasteiger partial charge in [-0.1, -0.05) is 48.5 Å². The molecule has 2 aliphatic rings. The number of hydrogen-bond acceptors (Lipinski definition) is 5. The fourth-order valence-electron chi connectivity index (χ4n) is 6.52. The molecular formula is C38H48N4O3. The minimum atomic E-state index is -1.04. The third-order valence-corrected chi connectivity index (χ3v) is 9.34. The lowest BCUT2D eigenvalue weighted by Gasteiger charge is -2.35. The molecule has 7 heteroatoms. The Morgan fingerprint density at radius 3 is 2.29 bits per heavy atom. The van der Waals surface area contributed by atoms with Crippen molar-refractivity contribution < 1.29 is 14.3 Å². The highest BCUT2D eigenvalue weighted by molar-refractivity contribution is 5.94. The third kappa shape index (κ3) is 8.20. The van der Waals surface area contributed by atoms with Crippen LogP contribution in [0.3, 0.4) is 0 Å². The van der Waals surface area contributed by atoms with E-state index < -0.39 is 11.5 Å². The molecule has 7 nitrogen and oxygen atoms in total. The van der Waals surface area contributed by atoms with E-state index in [4.69, 9.17) is 10.5 Å². The molecule has 0 spiro atoms. The maximum absolute atomic E-state index is 12.7. The third-order valence-electron chi connectivity index (χ3n) is 9.34. The quantitative estimate of drug-likeness (QED) is 0.186. The first-order chi connectivity index (χ1) is 21.7. The first-order valence-electron chi connectivity index (χ1n) is 16.5. The molecular weight excluding hydrogens is 560 g/mol. The summed E-state index contributed by atoms with van der Waals surface area (Å²) >= 11 is 0. The molecule has 5 rings (SSSR count). The predicted octanol–water partition coefficient (Wildman–Crippen LogP) is 6.31. The number of aliphatic imine (C=N–C) groups is 1. The normalized spacial score (nSPS) is 16.0. The van der Waals surface area contributed by atoms with Crippen molar-refractivity contribution in [3.8, 4) is 16.9 Å². The van der Waals surface area contributed by atoms with Crippen molar-refractivity contribution in [1.82, 2.24) is 10.2 Å². The number of carbonyl (C=O) groups excluding carboxylic acids is 2. The van der Waals surface area contributed by atoms with E-state index >= 15 is 0 Å². The second kappa shape index (κ2) is 14.9. The van der Waals surface area contributed by atoms with Gasteiger partial charge < -0.3 is 20.7 Å². The molecule has 0 unspecified atom stereocenters. The van der Waals surface area contributed by atoms with Crippen molar-refractivity contribution in [3.05, 3.63) is 88.5 Å². The molecule has 0 bridgehead atoms. The number of carbonyl (C=O) groups is 2. The Morgan fingerprint density at radius 1 is 0.956 bits per heavy atom. The Hall–Kier alpha value is -3.97. The monoisotopic (exact) mass is 608 g/mol. The van der Waals surface area contributed by atoms with Gasteiger partial charge in [0, 0.05) is 25.4 Å². The summed E-state index contributed by atoms with van der Waals surface area (Å²) in [4.78, 5) is 31.4. The zero-order chi connectivity index (χ0) is 31.8. The van der Waals surface area contributed by atoms with Gasteiger partial charge in [-0.15, -0.1) is 0 Å². The summed E-state index contributed by atoms with van der Waals surface area (Å²) in [7, 11) is 1.77. The number of benzene rings is 3. The van der Waals surface area contributed by atoms with E-state index in [2.05, 4.69) is 39.5 Å². The summed E-state index contributed by atoms with van der Waals surface area (Å²) in [6.07, 6.45) is 10.4. The van der Waals surface area contributed by atoms with E-state index in [1.165, 1.54) is 23.1 Å². The van der Waals surface area contributed by atoms with Crippen LogP contribution in [-0.2, 0) is 17.6 Å². The van der Waals surface area contributed by atoms with Crippen molar-refractivity contribution in [2.24, 2.45) is 10.7 Å². The number of primary amides is 1. The van der Waals surface area contributed by atoms with Gasteiger partial charge in [0.25, 0.3) is 11.8 Å². The van der Waals surface area contributed by atoms with Gasteiger partial charge >= 0.3 is 0 Å². The lowest BCUT2D eigenvalue weighted by molar-refractivity contribution is -0.130. The van der Waals surface area contributed by atoms with Gasteiger partial charge in [0.15, 0.2) is 5.60 Å². The molecule has 1 heterocycles. The van der Waals surface area contributed by atoms with Crippen molar-refractivity contribution >= 4 is 18.0 Å². The molecule has 3 aromatic rings. The van der Waals surface area contributed by atoms with Gasteiger partial charge in [-0.05, 0) is 136 Å². The molecule has 3 N–H and O–H groups in total. The molecule has 0 atom stereocenters. The number of likely N-dealkylation sites (tertiary alicyclic amines) is 1. The van der Waals surface area contributed by atoms with Gasteiger partial charge in [0.2, 0.25) is 0 Å². The highest BCUT2D eigenvalue weighted by atomic mass is 16.5. The van der Waals surface area contributed by atoms with E-state index in [-0.39, 0.29) is 5.91 Å². The number of ether oxygens (including phenoxy) is 1. The number of rotatable bonds is 12. The molecule has 1 aliphatic carbocycles. The van der Waals surface area contributed by atoms with E-state index in [1.54, 1.807) is 20.9 Å². The average molecular weight is 609 g/mol. The van der Waals surface area contributed by atoms with Crippen LogP contribution >= 0.6 is 0 Å². The Morgan fingerprint density at radius 2 is 1.62 bits per heavy atom. The summed E-state index contributed by atoms with van der Waals surface area (Å²) in [5, 5.41) is 3.08. The summed E-state index contributed by atoms with van der Waals surface area (Å²) in [5.74, 6) is 0.856. The van der Waals surface area contributed by atoms with Crippen molar-refractivity contribution in [2.75, 3.05) is 33.2 Å². The van der Waals surface area contributed by atoms with Gasteiger partial charge in [-0.2, -0.15) is 0 Å². The lowest BCUT2D eigenvalue weighted by Crippen LogP contribution is -2.44. The minimum absolute atomic E-state index is 0.0283. The highest BCUT2D eigenvalue weighted by Gasteiger charge is 2.33. The number of amides is 2. The molecule has 0 aromatic heterocycles. The number of nitrogens with two attached hydrogens (primary N) is 1. The van der Waals surface area contributed by atoms with Gasteiger partial charge in [0.05, 0.1) is 0 Å². The maximum atomic E-state index is 12.7. The lowest BCUT2D eigenvalue weighted by atomic mass is 9.83. The van der Waals surface area contributed by atoms with Crippen LogP contribution in [0.5, 0.6) is 5.75 Å². The topological polar surface area (TPSA) is 97.0 Å². The Balaban J connectivity index is 1.06. The number of aryl methyl sites for hydroxylation is 1. The first-order valence-corrected chi connectivity index (χ1v) is 16.5. The van der Waals surface area contributed by atoms with E-state index in [0.717, 1.165) is 87.0 Å². The minimum Gasteiger partial charge on any atom is -0.477 e. The molecule has 2 amide bonds. The maximum Gasteiger partial charge on any atom is 0.261 e. The van der Waals surface area contributed by atoms with E-state index in [1.807, 2.05) is 42.6 Å². The van der Waals surface area contributed by atoms with Gasteiger partial charge in [-0.3, -0.25) is 14.6 Å². The van der Waals surface area contributed by atoms with Crippen LogP contribution < -0.4 is 15.8 Å². The number of unbranched alkanes of at least 4 members (excludes halogenated alkanes) is 1. The van der Waals surface area contributed by atoms with Crippen molar-refractivity contribution in [2.45, 2.75) is 76.7 Å². The van der Waals surface area contributed by atoms with Crippen LogP contribution in [0.15, 0.2) is 65.7 Å². The number of nitrogens with one attached hydrogen (secondary N) is 1. The SMILES string of the molecule is CN=Cc1ccc(-c2ccc(C(=O)NCCCCN3CCC(c4ccc5c(c4OC(C)(C)C(N)=O)CCCC5)CC3)cc2)cc1. The number of fused-ring (bicyclic) bond motifs is 1. The summed E-state index contributed by atoms with van der Waals surface area (Å²) in [6, 6.07) is 20.5. The van der Waals surface area contributed by atoms with Crippen molar-refractivity contribution in [3.63, 3.8) is 0 Å². The average Bonchev–Trinajstić information content (AvgIpc) is 3.05. The largest absolute Gasteiger partial charge is 0.477 e. The van der Waals surface area contributed by atoms with Crippen molar-refractivity contribution in [1.29, 1.82) is 0 Å². The Bertz CT molecular complexity index is 1490. The summed E-state index contributed by atoms with van der Waals surface area (Å²) in [5.41, 5.74) is 12.5. The number of nitrogens with zero attached hydrogens (tertiary/aromatic N) is 2. The van der Waals surface area contributed by atoms with E-state index in [0.29, 0.717) is 18.0 Å². The summed E-state index contributed by atoms with van der Waals surface area (Å²) in [6.45, 7) is 7.31. The van der Waals surface area contributed by atoms with Gasteiger partial charge in [-0.25, -0.2) is 0 Å². The van der Waals surface area contributed by atoms with E-state index in [9.17, 15) is 9.59 Å². The second-order valence-electron chi connectivity index (χ2n) is 13.0. The Labute approximate surface area is 268 Å². The molecule has 0 saturated carbocycles. The molecule has 238 valence electrons. The zero-order valence-electron chi connectivity index (χ0n) is 27.1.